The van der Waals surface area contributed by atoms with Gasteiger partial charge >= 0.3 is 0 Å². The number of methoxy groups -OCH3 is 1. The van der Waals surface area contributed by atoms with Crippen LogP contribution < -0.4 is 14.8 Å². The molecule has 0 aromatic heterocycles. The molecule has 0 saturated carbocycles. The number of halogens is 4. The van der Waals surface area contributed by atoms with E-state index in [1.54, 1.807) is 36.4 Å². The Labute approximate surface area is 224 Å². The molecule has 0 spiro atoms. The van der Waals surface area contributed by atoms with Gasteiger partial charge in [-0.2, -0.15) is 5.26 Å². The Morgan fingerprint density at radius 1 is 1.12 bits per heavy atom. The van der Waals surface area contributed by atoms with Crippen LogP contribution in [0.25, 0.3) is 6.08 Å². The molecular weight excluding hydrogens is 607 g/mol. The Kier molecular flexibility index (Phi) is 9.03. The Balaban J connectivity index is 1.91. The average molecular weight is 625 g/mol. The highest BCUT2D eigenvalue weighted by molar-refractivity contribution is 9.11. The highest BCUT2D eigenvalue weighted by atomic mass is 79.9. The normalized spacial score (nSPS) is 11.0. The topological polar surface area (TPSA) is 71.3 Å². The maximum atomic E-state index is 12.9. The van der Waals surface area contributed by atoms with E-state index in [0.29, 0.717) is 41.7 Å². The molecule has 0 radical (unpaired) electrons. The second-order valence-corrected chi connectivity index (χ2v) is 9.67. The summed E-state index contributed by atoms with van der Waals surface area (Å²) in [5.74, 6) is 0.274. The van der Waals surface area contributed by atoms with Crippen LogP contribution in [0, 0.1) is 18.3 Å². The third kappa shape index (κ3) is 6.34. The lowest BCUT2D eigenvalue weighted by Crippen LogP contribution is -2.14. The summed E-state index contributed by atoms with van der Waals surface area (Å²) in [6, 6.07) is 16.1. The first-order valence-electron chi connectivity index (χ1n) is 9.86. The van der Waals surface area contributed by atoms with Crippen molar-refractivity contribution in [3.05, 3.63) is 89.8 Å². The van der Waals surface area contributed by atoms with E-state index < -0.39 is 5.91 Å². The number of carbonyl (C=O) groups excluding carboxylic acids is 1. The van der Waals surface area contributed by atoms with Crippen molar-refractivity contribution in [2.24, 2.45) is 0 Å². The van der Waals surface area contributed by atoms with Gasteiger partial charge in [0.05, 0.1) is 22.8 Å². The molecule has 0 bridgehead atoms. The summed E-state index contributed by atoms with van der Waals surface area (Å²) in [5, 5.41) is 13.3. The van der Waals surface area contributed by atoms with Gasteiger partial charge in [0, 0.05) is 14.5 Å². The molecule has 174 valence electrons. The van der Waals surface area contributed by atoms with Crippen LogP contribution in [0.15, 0.2) is 63.0 Å². The van der Waals surface area contributed by atoms with Crippen LogP contribution in [0.4, 0.5) is 5.69 Å². The van der Waals surface area contributed by atoms with E-state index in [9.17, 15) is 10.1 Å². The zero-order chi connectivity index (χ0) is 24.8. The molecule has 0 aliphatic carbocycles. The first kappa shape index (κ1) is 26.1. The molecule has 0 saturated heterocycles. The summed E-state index contributed by atoms with van der Waals surface area (Å²) in [5.41, 5.74) is 2.73. The summed E-state index contributed by atoms with van der Waals surface area (Å²) in [6.07, 6.45) is 1.46. The Morgan fingerprint density at radius 3 is 2.44 bits per heavy atom. The molecular formula is C25H18Br2Cl2N2O3. The van der Waals surface area contributed by atoms with Gasteiger partial charge in [0.15, 0.2) is 11.5 Å². The number of aryl methyl sites for hydroxylation is 1. The second-order valence-electron chi connectivity index (χ2n) is 7.14. The molecule has 0 heterocycles. The Bertz CT molecular complexity index is 1300. The van der Waals surface area contributed by atoms with E-state index in [4.69, 9.17) is 32.7 Å². The molecule has 3 aromatic rings. The standard InChI is InChI=1S/C25H18Br2Cl2N2O3/c1-14-8-18(26)23(19(27)9-14)31-25(32)17(12-30)11-16-4-3-5-22(33-2)24(16)34-13-15-6-7-20(28)21(29)10-15/h3-11H,13H2,1-2H3,(H,31,32)/b17-11+. The Morgan fingerprint density at radius 2 is 1.82 bits per heavy atom. The molecule has 5 nitrogen and oxygen atoms in total. The van der Waals surface area contributed by atoms with Gasteiger partial charge in [-0.25, -0.2) is 0 Å². The van der Waals surface area contributed by atoms with Gasteiger partial charge in [-0.05, 0) is 86.3 Å². The first-order chi connectivity index (χ1) is 16.2. The molecule has 3 rings (SSSR count). The quantitative estimate of drug-likeness (QED) is 0.214. The minimum absolute atomic E-state index is 0.105. The maximum Gasteiger partial charge on any atom is 0.266 e. The van der Waals surface area contributed by atoms with Crippen LogP contribution in [0.3, 0.4) is 0 Å². The molecule has 34 heavy (non-hydrogen) atoms. The fraction of sp³-hybridized carbons (Fsp3) is 0.120. The number of benzene rings is 3. The van der Waals surface area contributed by atoms with Crippen molar-refractivity contribution in [3.8, 4) is 17.6 Å². The van der Waals surface area contributed by atoms with Crippen molar-refractivity contribution >= 4 is 72.7 Å². The maximum absolute atomic E-state index is 12.9. The number of amides is 1. The van der Waals surface area contributed by atoms with Crippen LogP contribution in [0.2, 0.25) is 10.0 Å². The number of nitrogens with zero attached hydrogens (tertiary/aromatic N) is 1. The predicted molar refractivity (Wildman–Crippen MR) is 143 cm³/mol. The number of hydrogen-bond acceptors (Lipinski definition) is 4. The second kappa shape index (κ2) is 11.8. The largest absolute Gasteiger partial charge is 0.493 e. The summed E-state index contributed by atoms with van der Waals surface area (Å²) >= 11 is 19.0. The van der Waals surface area contributed by atoms with Crippen LogP contribution in [0.5, 0.6) is 11.5 Å². The SMILES string of the molecule is COc1cccc(/C=C(\C#N)C(=O)Nc2c(Br)cc(C)cc2Br)c1OCc1ccc(Cl)c(Cl)c1. The smallest absolute Gasteiger partial charge is 0.266 e. The zero-order valence-corrected chi connectivity index (χ0v) is 22.8. The lowest BCUT2D eigenvalue weighted by Gasteiger charge is -2.14. The molecule has 1 amide bonds. The molecule has 0 aliphatic heterocycles. The highest BCUT2D eigenvalue weighted by Crippen LogP contribution is 2.35. The average Bonchev–Trinajstić information content (AvgIpc) is 2.80. The zero-order valence-electron chi connectivity index (χ0n) is 18.1. The first-order valence-corrected chi connectivity index (χ1v) is 12.2. The number of para-hydroxylation sites is 1. The monoisotopic (exact) mass is 622 g/mol. The fourth-order valence-corrected chi connectivity index (χ4v) is 4.99. The summed E-state index contributed by atoms with van der Waals surface area (Å²) in [6.45, 7) is 2.11. The van der Waals surface area contributed by atoms with Crippen LogP contribution in [0.1, 0.15) is 16.7 Å². The molecule has 1 N–H and O–H groups in total. The minimum Gasteiger partial charge on any atom is -0.493 e. The van der Waals surface area contributed by atoms with Gasteiger partial charge in [0.1, 0.15) is 18.2 Å². The summed E-state index contributed by atoms with van der Waals surface area (Å²) in [7, 11) is 1.51. The number of nitriles is 1. The van der Waals surface area contributed by atoms with Crippen molar-refractivity contribution in [3.63, 3.8) is 0 Å². The molecule has 0 aliphatic rings. The summed E-state index contributed by atoms with van der Waals surface area (Å²) in [4.78, 5) is 12.9. The third-order valence-corrected chi connectivity index (χ3v) is 6.68. The van der Waals surface area contributed by atoms with E-state index in [2.05, 4.69) is 37.2 Å². The summed E-state index contributed by atoms with van der Waals surface area (Å²) < 4.78 is 12.8. The van der Waals surface area contributed by atoms with Crippen LogP contribution >= 0.6 is 55.1 Å². The molecule has 3 aromatic carbocycles. The van der Waals surface area contributed by atoms with Gasteiger partial charge in [-0.3, -0.25) is 4.79 Å². The minimum atomic E-state index is -0.564. The number of rotatable bonds is 7. The van der Waals surface area contributed by atoms with Gasteiger partial charge < -0.3 is 14.8 Å². The molecule has 0 atom stereocenters. The van der Waals surface area contributed by atoms with E-state index in [1.165, 1.54) is 13.2 Å². The van der Waals surface area contributed by atoms with Gasteiger partial charge in [0.25, 0.3) is 5.91 Å². The lowest BCUT2D eigenvalue weighted by molar-refractivity contribution is -0.112. The number of nitrogens with one attached hydrogen (secondary N) is 1. The van der Waals surface area contributed by atoms with Crippen LogP contribution in [-0.2, 0) is 11.4 Å². The predicted octanol–water partition coefficient (Wildman–Crippen LogP) is 7.96. The number of anilines is 1. The number of carbonyl (C=O) groups is 1. The van der Waals surface area contributed by atoms with Crippen molar-refractivity contribution in [1.82, 2.24) is 0 Å². The number of hydrogen-bond donors (Lipinski definition) is 1. The van der Waals surface area contributed by atoms with Crippen LogP contribution in [-0.4, -0.2) is 13.0 Å². The lowest BCUT2D eigenvalue weighted by atomic mass is 10.1. The van der Waals surface area contributed by atoms with E-state index in [1.807, 2.05) is 25.1 Å². The van der Waals surface area contributed by atoms with Gasteiger partial charge in [-0.15, -0.1) is 0 Å². The van der Waals surface area contributed by atoms with E-state index in [0.717, 1.165) is 11.1 Å². The van der Waals surface area contributed by atoms with Crippen molar-refractivity contribution < 1.29 is 14.3 Å². The van der Waals surface area contributed by atoms with Crippen molar-refractivity contribution in [2.75, 3.05) is 12.4 Å². The van der Waals surface area contributed by atoms with E-state index in [-0.39, 0.29) is 12.2 Å². The van der Waals surface area contributed by atoms with Gasteiger partial charge in [-0.1, -0.05) is 41.4 Å². The van der Waals surface area contributed by atoms with Crippen molar-refractivity contribution in [2.45, 2.75) is 13.5 Å². The van der Waals surface area contributed by atoms with Gasteiger partial charge in [0.2, 0.25) is 0 Å². The third-order valence-electron chi connectivity index (χ3n) is 4.69. The van der Waals surface area contributed by atoms with Crippen molar-refractivity contribution in [1.29, 1.82) is 5.26 Å². The molecule has 0 fully saturated rings. The molecule has 9 heteroatoms. The number of ether oxygens (including phenoxy) is 2. The fourth-order valence-electron chi connectivity index (χ4n) is 3.05. The highest BCUT2D eigenvalue weighted by Gasteiger charge is 2.17. The molecule has 0 unspecified atom stereocenters. The van der Waals surface area contributed by atoms with E-state index >= 15 is 0 Å². The Hall–Kier alpha value is -2.50.